The standard InChI is InChI=1S/C18H20N2O2S/c1-20(2)18(22)15-9-6-10-16(11-15)19-17(21)13-23-12-14-7-4-3-5-8-14/h3-11H,12-13H2,1-2H3,(H,19,21). The van der Waals surface area contributed by atoms with Gasteiger partial charge in [0.25, 0.3) is 5.91 Å². The molecule has 0 aliphatic rings. The summed E-state index contributed by atoms with van der Waals surface area (Å²) in [6.07, 6.45) is 0. The van der Waals surface area contributed by atoms with Gasteiger partial charge >= 0.3 is 0 Å². The van der Waals surface area contributed by atoms with E-state index in [0.717, 1.165) is 5.75 Å². The molecule has 0 saturated carbocycles. The molecule has 23 heavy (non-hydrogen) atoms. The molecule has 0 radical (unpaired) electrons. The minimum atomic E-state index is -0.0837. The van der Waals surface area contributed by atoms with Gasteiger partial charge in [-0.05, 0) is 23.8 Å². The lowest BCUT2D eigenvalue weighted by molar-refractivity contribution is -0.113. The number of nitrogens with one attached hydrogen (secondary N) is 1. The minimum absolute atomic E-state index is 0.0691. The first kappa shape index (κ1) is 17.1. The summed E-state index contributed by atoms with van der Waals surface area (Å²) >= 11 is 1.56. The van der Waals surface area contributed by atoms with Crippen molar-refractivity contribution in [2.75, 3.05) is 25.2 Å². The van der Waals surface area contributed by atoms with E-state index in [1.54, 1.807) is 50.1 Å². The predicted molar refractivity (Wildman–Crippen MR) is 95.7 cm³/mol. The summed E-state index contributed by atoms with van der Waals surface area (Å²) in [6.45, 7) is 0. The van der Waals surface area contributed by atoms with Gasteiger partial charge in [-0.1, -0.05) is 36.4 Å². The Hall–Kier alpha value is -2.27. The zero-order chi connectivity index (χ0) is 16.7. The molecule has 2 amide bonds. The van der Waals surface area contributed by atoms with Crippen LogP contribution < -0.4 is 5.32 Å². The van der Waals surface area contributed by atoms with Crippen molar-refractivity contribution in [2.45, 2.75) is 5.75 Å². The Bertz CT molecular complexity index is 672. The molecule has 0 fully saturated rings. The van der Waals surface area contributed by atoms with Crippen LogP contribution in [0.3, 0.4) is 0 Å². The van der Waals surface area contributed by atoms with Gasteiger partial charge in [0.05, 0.1) is 5.75 Å². The normalized spacial score (nSPS) is 10.2. The zero-order valence-electron chi connectivity index (χ0n) is 13.3. The van der Waals surface area contributed by atoms with E-state index in [4.69, 9.17) is 0 Å². The van der Waals surface area contributed by atoms with Crippen LogP contribution in [0.15, 0.2) is 54.6 Å². The molecule has 0 atom stereocenters. The van der Waals surface area contributed by atoms with Gasteiger partial charge in [-0.3, -0.25) is 9.59 Å². The molecule has 1 N–H and O–H groups in total. The van der Waals surface area contributed by atoms with Gasteiger partial charge in [-0.25, -0.2) is 0 Å². The number of anilines is 1. The summed E-state index contributed by atoms with van der Waals surface area (Å²) in [6, 6.07) is 17.0. The number of nitrogens with zero attached hydrogens (tertiary/aromatic N) is 1. The molecular weight excluding hydrogens is 308 g/mol. The lowest BCUT2D eigenvalue weighted by Crippen LogP contribution is -2.22. The van der Waals surface area contributed by atoms with Crippen molar-refractivity contribution in [1.29, 1.82) is 0 Å². The van der Waals surface area contributed by atoms with Crippen LogP contribution in [0.25, 0.3) is 0 Å². The first-order valence-corrected chi connectivity index (χ1v) is 8.45. The Balaban J connectivity index is 1.85. The number of amides is 2. The molecule has 0 bridgehead atoms. The summed E-state index contributed by atoms with van der Waals surface area (Å²) < 4.78 is 0. The molecule has 0 spiro atoms. The molecule has 120 valence electrons. The fraction of sp³-hybridized carbons (Fsp3) is 0.222. The molecule has 0 aliphatic carbocycles. The summed E-state index contributed by atoms with van der Waals surface area (Å²) in [5, 5.41) is 2.83. The van der Waals surface area contributed by atoms with Crippen molar-refractivity contribution >= 4 is 29.3 Å². The lowest BCUT2D eigenvalue weighted by Gasteiger charge is -2.11. The van der Waals surface area contributed by atoms with Gasteiger partial charge in [0, 0.05) is 31.1 Å². The highest BCUT2D eigenvalue weighted by Gasteiger charge is 2.09. The molecule has 0 aromatic heterocycles. The van der Waals surface area contributed by atoms with E-state index in [1.165, 1.54) is 10.5 Å². The molecule has 2 aromatic carbocycles. The van der Waals surface area contributed by atoms with Gasteiger partial charge in [0.1, 0.15) is 0 Å². The van der Waals surface area contributed by atoms with Crippen molar-refractivity contribution in [2.24, 2.45) is 0 Å². The first-order valence-electron chi connectivity index (χ1n) is 7.29. The highest BCUT2D eigenvalue weighted by Crippen LogP contribution is 2.15. The SMILES string of the molecule is CN(C)C(=O)c1cccc(NC(=O)CSCc2ccccc2)c1. The van der Waals surface area contributed by atoms with Gasteiger partial charge in [0.15, 0.2) is 0 Å². The maximum Gasteiger partial charge on any atom is 0.253 e. The van der Waals surface area contributed by atoms with Crippen molar-refractivity contribution in [3.05, 3.63) is 65.7 Å². The van der Waals surface area contributed by atoms with E-state index in [-0.39, 0.29) is 11.8 Å². The van der Waals surface area contributed by atoms with Crippen LogP contribution >= 0.6 is 11.8 Å². The second-order valence-electron chi connectivity index (χ2n) is 5.31. The van der Waals surface area contributed by atoms with Gasteiger partial charge in [-0.2, -0.15) is 0 Å². The maximum atomic E-state index is 12.0. The first-order chi connectivity index (χ1) is 11.1. The molecule has 0 aliphatic heterocycles. The van der Waals surface area contributed by atoms with Crippen LogP contribution in [0.4, 0.5) is 5.69 Å². The summed E-state index contributed by atoms with van der Waals surface area (Å²) in [5.41, 5.74) is 2.40. The number of carbonyl (C=O) groups is 2. The van der Waals surface area contributed by atoms with Gasteiger partial charge in [0.2, 0.25) is 5.91 Å². The molecule has 2 aromatic rings. The average molecular weight is 328 g/mol. The van der Waals surface area contributed by atoms with Crippen molar-refractivity contribution < 1.29 is 9.59 Å². The lowest BCUT2D eigenvalue weighted by atomic mass is 10.2. The Labute approximate surface area is 140 Å². The number of carbonyl (C=O) groups excluding carboxylic acids is 2. The molecule has 0 saturated heterocycles. The second kappa shape index (κ2) is 8.39. The summed E-state index contributed by atoms with van der Waals surface area (Å²) in [5.74, 6) is 1.02. The fourth-order valence-electron chi connectivity index (χ4n) is 2.02. The Kier molecular flexibility index (Phi) is 6.23. The number of thioether (sulfide) groups is 1. The number of benzene rings is 2. The third kappa shape index (κ3) is 5.45. The highest BCUT2D eigenvalue weighted by molar-refractivity contribution is 7.99. The largest absolute Gasteiger partial charge is 0.345 e. The Morgan fingerprint density at radius 2 is 1.78 bits per heavy atom. The monoisotopic (exact) mass is 328 g/mol. The van der Waals surface area contributed by atoms with E-state index in [1.807, 2.05) is 30.3 Å². The second-order valence-corrected chi connectivity index (χ2v) is 6.29. The van der Waals surface area contributed by atoms with E-state index in [2.05, 4.69) is 5.32 Å². The predicted octanol–water partition coefficient (Wildman–Crippen LogP) is 3.26. The average Bonchev–Trinajstić information content (AvgIpc) is 2.55. The summed E-state index contributed by atoms with van der Waals surface area (Å²) in [4.78, 5) is 25.4. The van der Waals surface area contributed by atoms with E-state index in [0.29, 0.717) is 17.0 Å². The van der Waals surface area contributed by atoms with E-state index in [9.17, 15) is 9.59 Å². The molecule has 4 nitrogen and oxygen atoms in total. The van der Waals surface area contributed by atoms with Crippen LogP contribution in [0.5, 0.6) is 0 Å². The van der Waals surface area contributed by atoms with Crippen molar-refractivity contribution in [1.82, 2.24) is 4.90 Å². The molecular formula is C18H20N2O2S. The summed E-state index contributed by atoms with van der Waals surface area (Å²) in [7, 11) is 3.40. The Morgan fingerprint density at radius 1 is 1.04 bits per heavy atom. The van der Waals surface area contributed by atoms with Gasteiger partial charge in [-0.15, -0.1) is 11.8 Å². The van der Waals surface area contributed by atoms with Gasteiger partial charge < -0.3 is 10.2 Å². The molecule has 5 heteroatoms. The zero-order valence-corrected chi connectivity index (χ0v) is 14.1. The number of hydrogen-bond acceptors (Lipinski definition) is 3. The van der Waals surface area contributed by atoms with Crippen LogP contribution in [-0.4, -0.2) is 36.6 Å². The quantitative estimate of drug-likeness (QED) is 0.885. The Morgan fingerprint density at radius 3 is 2.48 bits per heavy atom. The van der Waals surface area contributed by atoms with Crippen molar-refractivity contribution in [3.63, 3.8) is 0 Å². The smallest absolute Gasteiger partial charge is 0.253 e. The van der Waals surface area contributed by atoms with Crippen LogP contribution in [0.2, 0.25) is 0 Å². The van der Waals surface area contributed by atoms with Crippen LogP contribution in [0.1, 0.15) is 15.9 Å². The molecule has 0 unspecified atom stereocenters. The maximum absolute atomic E-state index is 12.0. The third-order valence-electron chi connectivity index (χ3n) is 3.14. The third-order valence-corrected chi connectivity index (χ3v) is 4.15. The van der Waals surface area contributed by atoms with E-state index >= 15 is 0 Å². The fourth-order valence-corrected chi connectivity index (χ4v) is 2.81. The number of hydrogen-bond donors (Lipinski definition) is 1. The van der Waals surface area contributed by atoms with Crippen molar-refractivity contribution in [3.8, 4) is 0 Å². The number of rotatable bonds is 6. The highest BCUT2D eigenvalue weighted by atomic mass is 32.2. The van der Waals surface area contributed by atoms with Crippen LogP contribution in [-0.2, 0) is 10.5 Å². The minimum Gasteiger partial charge on any atom is -0.345 e. The topological polar surface area (TPSA) is 49.4 Å². The molecule has 0 heterocycles. The van der Waals surface area contributed by atoms with E-state index < -0.39 is 0 Å². The van der Waals surface area contributed by atoms with Crippen LogP contribution in [0, 0.1) is 0 Å². The molecule has 2 rings (SSSR count).